The van der Waals surface area contributed by atoms with Gasteiger partial charge in [0.05, 0.1) is 13.5 Å². The molecule has 0 saturated carbocycles. The maximum atomic E-state index is 11.2. The third-order valence-corrected chi connectivity index (χ3v) is 3.23. The minimum absolute atomic E-state index is 0.232. The van der Waals surface area contributed by atoms with Gasteiger partial charge in [-0.2, -0.15) is 0 Å². The van der Waals surface area contributed by atoms with Crippen molar-refractivity contribution in [2.75, 3.05) is 20.2 Å². The second-order valence-electron chi connectivity index (χ2n) is 4.28. The molecule has 100 valence electrons. The van der Waals surface area contributed by atoms with Crippen LogP contribution in [0.3, 0.4) is 0 Å². The Morgan fingerprint density at radius 3 is 2.61 bits per heavy atom. The molecular weight excluding hydrogens is 228 g/mol. The minimum Gasteiger partial charge on any atom is -0.469 e. The molecular formula is C14H22N2O2. The Balaban J connectivity index is 2.84. The van der Waals surface area contributed by atoms with Gasteiger partial charge in [0.1, 0.15) is 0 Å². The SMILES string of the molecule is CCN(CC)C(C)c1cncc(CC(=O)OC)c1. The summed E-state index contributed by atoms with van der Waals surface area (Å²) in [5.74, 6) is -0.232. The Morgan fingerprint density at radius 1 is 1.39 bits per heavy atom. The highest BCUT2D eigenvalue weighted by Gasteiger charge is 2.13. The molecule has 1 unspecified atom stereocenters. The molecule has 1 atom stereocenters. The first-order chi connectivity index (χ1) is 8.62. The van der Waals surface area contributed by atoms with Gasteiger partial charge >= 0.3 is 5.97 Å². The highest BCUT2D eigenvalue weighted by atomic mass is 16.5. The van der Waals surface area contributed by atoms with Gasteiger partial charge in [0.2, 0.25) is 0 Å². The maximum absolute atomic E-state index is 11.2. The second-order valence-corrected chi connectivity index (χ2v) is 4.28. The van der Waals surface area contributed by atoms with Crippen molar-refractivity contribution in [2.45, 2.75) is 33.2 Å². The van der Waals surface area contributed by atoms with Crippen molar-refractivity contribution < 1.29 is 9.53 Å². The molecule has 4 nitrogen and oxygen atoms in total. The molecule has 0 N–H and O–H groups in total. The molecule has 1 aromatic rings. The quantitative estimate of drug-likeness (QED) is 0.726. The summed E-state index contributed by atoms with van der Waals surface area (Å²) in [5.41, 5.74) is 2.04. The van der Waals surface area contributed by atoms with Crippen LogP contribution in [-0.2, 0) is 16.0 Å². The summed E-state index contributed by atoms with van der Waals surface area (Å²) in [7, 11) is 1.40. The number of methoxy groups -OCH3 is 1. The third kappa shape index (κ3) is 3.81. The zero-order valence-corrected chi connectivity index (χ0v) is 11.6. The first kappa shape index (κ1) is 14.6. The molecule has 0 aliphatic rings. The average molecular weight is 250 g/mol. The Morgan fingerprint density at radius 2 is 2.06 bits per heavy atom. The van der Waals surface area contributed by atoms with Gasteiger partial charge < -0.3 is 4.74 Å². The predicted octanol–water partition coefficient (Wildman–Crippen LogP) is 2.20. The van der Waals surface area contributed by atoms with Crippen molar-refractivity contribution in [3.05, 3.63) is 29.6 Å². The first-order valence-corrected chi connectivity index (χ1v) is 6.37. The third-order valence-electron chi connectivity index (χ3n) is 3.23. The molecule has 1 rings (SSSR count). The van der Waals surface area contributed by atoms with Crippen LogP contribution in [0.25, 0.3) is 0 Å². The monoisotopic (exact) mass is 250 g/mol. The number of hydrogen-bond acceptors (Lipinski definition) is 4. The van der Waals surface area contributed by atoms with E-state index in [1.54, 1.807) is 6.20 Å². The van der Waals surface area contributed by atoms with Gasteiger partial charge in [0.15, 0.2) is 0 Å². The van der Waals surface area contributed by atoms with Gasteiger partial charge in [-0.1, -0.05) is 19.9 Å². The molecule has 0 aliphatic heterocycles. The van der Waals surface area contributed by atoms with E-state index in [1.165, 1.54) is 7.11 Å². The van der Waals surface area contributed by atoms with Gasteiger partial charge in [-0.15, -0.1) is 0 Å². The van der Waals surface area contributed by atoms with Crippen molar-refractivity contribution in [3.63, 3.8) is 0 Å². The average Bonchev–Trinajstić information content (AvgIpc) is 2.40. The largest absolute Gasteiger partial charge is 0.469 e. The second kappa shape index (κ2) is 7.11. The Hall–Kier alpha value is -1.42. The number of rotatable bonds is 6. The van der Waals surface area contributed by atoms with Gasteiger partial charge in [0, 0.05) is 18.4 Å². The van der Waals surface area contributed by atoms with Crippen molar-refractivity contribution in [1.82, 2.24) is 9.88 Å². The van der Waals surface area contributed by atoms with Gasteiger partial charge in [-0.3, -0.25) is 14.7 Å². The molecule has 0 saturated heterocycles. The van der Waals surface area contributed by atoms with Gasteiger partial charge in [0.25, 0.3) is 0 Å². The van der Waals surface area contributed by atoms with Crippen LogP contribution in [0.15, 0.2) is 18.5 Å². The summed E-state index contributed by atoms with van der Waals surface area (Å²) in [4.78, 5) is 17.8. The molecule has 0 spiro atoms. The van der Waals surface area contributed by atoms with E-state index in [0.717, 1.165) is 24.2 Å². The van der Waals surface area contributed by atoms with Crippen molar-refractivity contribution in [2.24, 2.45) is 0 Å². The standard InChI is InChI=1S/C14H22N2O2/c1-5-16(6-2)11(3)13-7-12(9-15-10-13)8-14(17)18-4/h7,9-11H,5-6,8H2,1-4H3. The summed E-state index contributed by atoms with van der Waals surface area (Å²) in [6, 6.07) is 2.34. The summed E-state index contributed by atoms with van der Waals surface area (Å²) in [6.45, 7) is 8.45. The maximum Gasteiger partial charge on any atom is 0.310 e. The van der Waals surface area contributed by atoms with Crippen LogP contribution in [0.2, 0.25) is 0 Å². The van der Waals surface area contributed by atoms with Crippen LogP contribution in [0.5, 0.6) is 0 Å². The summed E-state index contributed by atoms with van der Waals surface area (Å²) in [5, 5.41) is 0. The number of hydrogen-bond donors (Lipinski definition) is 0. The number of ether oxygens (including phenoxy) is 1. The van der Waals surface area contributed by atoms with E-state index in [0.29, 0.717) is 6.04 Å². The fourth-order valence-corrected chi connectivity index (χ4v) is 2.05. The summed E-state index contributed by atoms with van der Waals surface area (Å²) in [6.07, 6.45) is 3.86. The molecule has 0 aliphatic carbocycles. The molecule has 1 aromatic heterocycles. The summed E-state index contributed by atoms with van der Waals surface area (Å²) >= 11 is 0. The van der Waals surface area contributed by atoms with Crippen LogP contribution in [0.1, 0.15) is 37.9 Å². The molecule has 0 fully saturated rings. The van der Waals surface area contributed by atoms with E-state index in [4.69, 9.17) is 0 Å². The smallest absolute Gasteiger partial charge is 0.310 e. The normalized spacial score (nSPS) is 12.5. The zero-order chi connectivity index (χ0) is 13.5. The molecule has 0 amide bonds. The molecule has 18 heavy (non-hydrogen) atoms. The van der Waals surface area contributed by atoms with Crippen LogP contribution in [-0.4, -0.2) is 36.1 Å². The van der Waals surface area contributed by atoms with E-state index in [-0.39, 0.29) is 12.4 Å². The molecule has 0 radical (unpaired) electrons. The molecule has 4 heteroatoms. The van der Waals surface area contributed by atoms with Gasteiger partial charge in [-0.05, 0) is 31.1 Å². The lowest BCUT2D eigenvalue weighted by molar-refractivity contribution is -0.139. The van der Waals surface area contributed by atoms with E-state index in [9.17, 15) is 4.79 Å². The summed E-state index contributed by atoms with van der Waals surface area (Å²) < 4.78 is 4.67. The van der Waals surface area contributed by atoms with E-state index >= 15 is 0 Å². The predicted molar refractivity (Wildman–Crippen MR) is 71.3 cm³/mol. The topological polar surface area (TPSA) is 42.4 Å². The lowest BCUT2D eigenvalue weighted by Gasteiger charge is -2.26. The lowest BCUT2D eigenvalue weighted by atomic mass is 10.1. The molecule has 0 bridgehead atoms. The Bertz CT molecular complexity index is 389. The van der Waals surface area contributed by atoms with Crippen LogP contribution < -0.4 is 0 Å². The highest BCUT2D eigenvalue weighted by molar-refractivity contribution is 5.72. The van der Waals surface area contributed by atoms with Gasteiger partial charge in [-0.25, -0.2) is 0 Å². The van der Waals surface area contributed by atoms with Crippen LogP contribution in [0, 0.1) is 0 Å². The first-order valence-electron chi connectivity index (χ1n) is 6.37. The highest BCUT2D eigenvalue weighted by Crippen LogP contribution is 2.19. The van der Waals surface area contributed by atoms with E-state index < -0.39 is 0 Å². The molecule has 1 heterocycles. The zero-order valence-electron chi connectivity index (χ0n) is 11.6. The molecule has 0 aromatic carbocycles. The number of aromatic nitrogens is 1. The minimum atomic E-state index is -0.232. The fourth-order valence-electron chi connectivity index (χ4n) is 2.05. The number of carbonyl (C=O) groups excluding carboxylic acids is 1. The van der Waals surface area contributed by atoms with E-state index in [1.807, 2.05) is 12.3 Å². The number of nitrogens with zero attached hydrogens (tertiary/aromatic N) is 2. The van der Waals surface area contributed by atoms with Crippen LogP contribution >= 0.6 is 0 Å². The Kier molecular flexibility index (Phi) is 5.78. The number of pyridine rings is 1. The van der Waals surface area contributed by atoms with E-state index in [2.05, 4.69) is 35.4 Å². The number of carbonyl (C=O) groups is 1. The lowest BCUT2D eigenvalue weighted by Crippen LogP contribution is -2.26. The van der Waals surface area contributed by atoms with Crippen LogP contribution in [0.4, 0.5) is 0 Å². The Labute approximate surface area is 109 Å². The number of esters is 1. The van der Waals surface area contributed by atoms with Crippen molar-refractivity contribution >= 4 is 5.97 Å². The fraction of sp³-hybridized carbons (Fsp3) is 0.571. The van der Waals surface area contributed by atoms with Crippen molar-refractivity contribution in [3.8, 4) is 0 Å². The van der Waals surface area contributed by atoms with Crippen molar-refractivity contribution in [1.29, 1.82) is 0 Å².